The summed E-state index contributed by atoms with van der Waals surface area (Å²) < 4.78 is 5.81. The highest BCUT2D eigenvalue weighted by Crippen LogP contribution is 2.31. The molecule has 1 aromatic heterocycles. The molecule has 0 radical (unpaired) electrons. The standard InChI is InChI=1S/C20H22N4O2S/c1-3-4-7-12-27-20-22-19(25)17-14-8-5-6-9-15(14)21-18(24(17)23-20)16-11-10-13(2)26-16/h5-6,8-11,18H,3-4,7,12H2,1-2H3,(H,22,23,25)/t18-/m1/s1. The minimum atomic E-state index is -0.485. The van der Waals surface area contributed by atoms with Gasteiger partial charge in [-0.2, -0.15) is 0 Å². The lowest BCUT2D eigenvalue weighted by Crippen LogP contribution is -2.50. The molecule has 2 aliphatic heterocycles. The number of nitrogens with one attached hydrogen (secondary N) is 1. The van der Waals surface area contributed by atoms with E-state index in [-0.39, 0.29) is 5.91 Å². The zero-order valence-electron chi connectivity index (χ0n) is 15.4. The molecule has 0 saturated heterocycles. The number of hydrazone groups is 1. The van der Waals surface area contributed by atoms with E-state index < -0.39 is 6.17 Å². The van der Waals surface area contributed by atoms with Gasteiger partial charge < -0.3 is 4.42 Å². The van der Waals surface area contributed by atoms with Crippen molar-refractivity contribution in [2.75, 3.05) is 5.75 Å². The summed E-state index contributed by atoms with van der Waals surface area (Å²) in [5, 5.41) is 11.5. The van der Waals surface area contributed by atoms with Crippen LogP contribution in [0.15, 0.2) is 50.9 Å². The van der Waals surface area contributed by atoms with Crippen molar-refractivity contribution in [2.45, 2.75) is 39.3 Å². The molecule has 2 aliphatic rings. The predicted molar refractivity (Wildman–Crippen MR) is 106 cm³/mol. The molecule has 0 aliphatic carbocycles. The van der Waals surface area contributed by atoms with Gasteiger partial charge in [0.05, 0.1) is 5.36 Å². The van der Waals surface area contributed by atoms with E-state index in [9.17, 15) is 4.79 Å². The van der Waals surface area contributed by atoms with E-state index in [0.29, 0.717) is 16.6 Å². The Balaban J connectivity index is 1.76. The summed E-state index contributed by atoms with van der Waals surface area (Å²) in [6, 6.07) is 11.4. The van der Waals surface area contributed by atoms with Crippen molar-refractivity contribution in [1.29, 1.82) is 0 Å². The van der Waals surface area contributed by atoms with E-state index in [1.165, 1.54) is 12.8 Å². The molecule has 0 unspecified atom stereocenters. The number of rotatable bonds is 5. The van der Waals surface area contributed by atoms with Crippen molar-refractivity contribution in [3.05, 3.63) is 58.5 Å². The molecule has 6 nitrogen and oxygen atoms in total. The number of thioether (sulfide) groups is 1. The number of amidine groups is 1. The summed E-state index contributed by atoms with van der Waals surface area (Å²) in [7, 11) is 0. The average molecular weight is 382 g/mol. The molecule has 0 bridgehead atoms. The quantitative estimate of drug-likeness (QED) is 0.807. The number of aryl methyl sites for hydroxylation is 1. The molecule has 0 spiro atoms. The first kappa shape index (κ1) is 17.9. The summed E-state index contributed by atoms with van der Waals surface area (Å²) in [6.45, 7) is 4.07. The Kier molecular flexibility index (Phi) is 5.03. The number of unbranched alkanes of at least 4 members (excludes halogenated alkanes) is 2. The van der Waals surface area contributed by atoms with Gasteiger partial charge >= 0.3 is 0 Å². The van der Waals surface area contributed by atoms with Crippen LogP contribution in [0.3, 0.4) is 0 Å². The number of hydrogen-bond acceptors (Lipinski definition) is 6. The van der Waals surface area contributed by atoms with Crippen molar-refractivity contribution in [1.82, 2.24) is 10.3 Å². The van der Waals surface area contributed by atoms with Crippen LogP contribution in [-0.2, 0) is 4.79 Å². The second-order valence-electron chi connectivity index (χ2n) is 6.58. The highest BCUT2D eigenvalue weighted by atomic mass is 32.2. The predicted octanol–water partition coefficient (Wildman–Crippen LogP) is 2.65. The third-order valence-corrected chi connectivity index (χ3v) is 5.47. The molecule has 1 aromatic carbocycles. The lowest BCUT2D eigenvalue weighted by molar-refractivity contribution is -0.116. The van der Waals surface area contributed by atoms with Gasteiger partial charge in [-0.1, -0.05) is 49.7 Å². The molecule has 4 rings (SSSR count). The summed E-state index contributed by atoms with van der Waals surface area (Å²) in [6.07, 6.45) is 2.95. The van der Waals surface area contributed by atoms with Crippen molar-refractivity contribution >= 4 is 28.5 Å². The van der Waals surface area contributed by atoms with Crippen LogP contribution in [0.5, 0.6) is 0 Å². The Hall–Kier alpha value is -2.54. The summed E-state index contributed by atoms with van der Waals surface area (Å²) in [5.74, 6) is 2.25. The molecule has 27 heavy (non-hydrogen) atoms. The van der Waals surface area contributed by atoms with Crippen LogP contribution < -0.4 is 15.9 Å². The van der Waals surface area contributed by atoms with Gasteiger partial charge in [-0.3, -0.25) is 10.1 Å². The Labute approximate surface area is 162 Å². The molecule has 3 heterocycles. The Morgan fingerprint density at radius 2 is 2.07 bits per heavy atom. The van der Waals surface area contributed by atoms with Crippen LogP contribution in [0, 0.1) is 6.92 Å². The van der Waals surface area contributed by atoms with Gasteiger partial charge in [0.25, 0.3) is 5.91 Å². The van der Waals surface area contributed by atoms with E-state index in [4.69, 9.17) is 14.5 Å². The Morgan fingerprint density at radius 3 is 2.85 bits per heavy atom. The Bertz CT molecular complexity index is 1010. The first-order chi connectivity index (χ1) is 13.2. The number of nitrogens with zero attached hydrogens (tertiary/aromatic N) is 3. The molecule has 1 amide bonds. The zero-order valence-corrected chi connectivity index (χ0v) is 16.3. The fraction of sp³-hybridized carbons (Fsp3) is 0.350. The molecule has 7 heteroatoms. The van der Waals surface area contributed by atoms with Crippen LogP contribution in [0.25, 0.3) is 5.70 Å². The topological polar surface area (TPSA) is 70.2 Å². The monoisotopic (exact) mass is 382 g/mol. The van der Waals surface area contributed by atoms with Crippen molar-refractivity contribution < 1.29 is 9.21 Å². The lowest BCUT2D eigenvalue weighted by Gasteiger charge is -2.32. The molecular weight excluding hydrogens is 360 g/mol. The minimum Gasteiger partial charge on any atom is -0.462 e. The number of benzene rings is 1. The second-order valence-corrected chi connectivity index (χ2v) is 7.66. The molecule has 0 saturated carbocycles. The number of fused-ring (bicyclic) bond motifs is 2. The largest absolute Gasteiger partial charge is 0.462 e. The Morgan fingerprint density at radius 1 is 1.22 bits per heavy atom. The van der Waals surface area contributed by atoms with Crippen LogP contribution in [0.4, 0.5) is 0 Å². The fourth-order valence-corrected chi connectivity index (χ4v) is 4.04. The van der Waals surface area contributed by atoms with Gasteiger partial charge in [0, 0.05) is 11.0 Å². The second kappa shape index (κ2) is 7.60. The molecule has 0 fully saturated rings. The van der Waals surface area contributed by atoms with E-state index in [2.05, 4.69) is 12.2 Å². The molecule has 2 aromatic rings. The van der Waals surface area contributed by atoms with E-state index in [0.717, 1.165) is 28.5 Å². The average Bonchev–Trinajstić information content (AvgIpc) is 3.10. The van der Waals surface area contributed by atoms with Gasteiger partial charge in [-0.25, -0.2) is 10.0 Å². The van der Waals surface area contributed by atoms with Gasteiger partial charge in [0.2, 0.25) is 6.17 Å². The molecule has 1 N–H and O–H groups in total. The van der Waals surface area contributed by atoms with E-state index >= 15 is 0 Å². The number of carbonyl (C=O) groups excluding carboxylic acids is 1. The SMILES string of the molecule is CCCCCSC1=NN2C(=c3ccccc3=N[C@H]2c2ccc(C)o2)C(=O)N1. The molecule has 1 atom stereocenters. The summed E-state index contributed by atoms with van der Waals surface area (Å²) in [4.78, 5) is 17.7. The van der Waals surface area contributed by atoms with Gasteiger partial charge in [-0.15, -0.1) is 5.10 Å². The first-order valence-electron chi connectivity index (χ1n) is 9.23. The lowest BCUT2D eigenvalue weighted by atomic mass is 10.1. The zero-order chi connectivity index (χ0) is 18.8. The molecule has 140 valence electrons. The smallest absolute Gasteiger partial charge is 0.276 e. The normalized spacial score (nSPS) is 18.4. The van der Waals surface area contributed by atoms with Gasteiger partial charge in [0.15, 0.2) is 10.9 Å². The highest BCUT2D eigenvalue weighted by molar-refractivity contribution is 8.13. The number of amides is 1. The maximum Gasteiger partial charge on any atom is 0.276 e. The number of furan rings is 1. The van der Waals surface area contributed by atoms with Gasteiger partial charge in [0.1, 0.15) is 11.5 Å². The highest BCUT2D eigenvalue weighted by Gasteiger charge is 2.35. The third kappa shape index (κ3) is 3.51. The van der Waals surface area contributed by atoms with Crippen molar-refractivity contribution in [3.8, 4) is 0 Å². The molecular formula is C20H22N4O2S. The summed E-state index contributed by atoms with van der Waals surface area (Å²) in [5.41, 5.74) is 0.512. The third-order valence-electron chi connectivity index (χ3n) is 4.52. The van der Waals surface area contributed by atoms with Crippen LogP contribution in [-0.4, -0.2) is 21.8 Å². The van der Waals surface area contributed by atoms with Crippen molar-refractivity contribution in [3.63, 3.8) is 0 Å². The summed E-state index contributed by atoms with van der Waals surface area (Å²) >= 11 is 1.57. The van der Waals surface area contributed by atoms with Gasteiger partial charge in [-0.05, 0) is 31.5 Å². The number of para-hydroxylation sites is 1. The number of hydrogen-bond donors (Lipinski definition) is 1. The van der Waals surface area contributed by atoms with Crippen LogP contribution in [0.1, 0.15) is 43.9 Å². The maximum absolute atomic E-state index is 12.9. The fourth-order valence-electron chi connectivity index (χ4n) is 3.19. The van der Waals surface area contributed by atoms with Crippen LogP contribution in [0.2, 0.25) is 0 Å². The first-order valence-corrected chi connectivity index (χ1v) is 10.2. The van der Waals surface area contributed by atoms with E-state index in [1.807, 2.05) is 43.3 Å². The van der Waals surface area contributed by atoms with Crippen molar-refractivity contribution in [2.24, 2.45) is 10.1 Å². The van der Waals surface area contributed by atoms with E-state index in [1.54, 1.807) is 16.8 Å². The maximum atomic E-state index is 12.9. The van der Waals surface area contributed by atoms with Crippen LogP contribution >= 0.6 is 11.8 Å². The number of carbonyl (C=O) groups is 1. The minimum absolute atomic E-state index is 0.154.